The Morgan fingerprint density at radius 2 is 2.36 bits per heavy atom. The largest absolute Gasteiger partial charge is 0.367 e. The van der Waals surface area contributed by atoms with E-state index in [-0.39, 0.29) is 5.78 Å². The molecule has 1 heterocycles. The van der Waals surface area contributed by atoms with E-state index in [1.165, 1.54) is 0 Å². The summed E-state index contributed by atoms with van der Waals surface area (Å²) in [6.07, 6.45) is 3.49. The second-order valence-electron chi connectivity index (χ2n) is 3.36. The number of rotatable bonds is 2. The predicted molar refractivity (Wildman–Crippen MR) is 43.5 cm³/mol. The molecule has 0 spiro atoms. The van der Waals surface area contributed by atoms with Gasteiger partial charge in [0, 0.05) is 13.0 Å². The number of ketones is 1. The van der Waals surface area contributed by atoms with Crippen molar-refractivity contribution in [1.82, 2.24) is 0 Å². The van der Waals surface area contributed by atoms with Crippen LogP contribution in [-0.4, -0.2) is 18.0 Å². The molecule has 64 valence electrons. The third-order valence-electron chi connectivity index (χ3n) is 2.29. The average molecular weight is 156 g/mol. The van der Waals surface area contributed by atoms with Gasteiger partial charge in [0.1, 0.15) is 5.60 Å². The topological polar surface area (TPSA) is 26.3 Å². The maximum atomic E-state index is 11.4. The first-order chi connectivity index (χ1) is 5.19. The van der Waals surface area contributed by atoms with Crippen LogP contribution in [0.2, 0.25) is 0 Å². The number of carbonyl (C=O) groups is 1. The molecule has 11 heavy (non-hydrogen) atoms. The molecule has 2 heteroatoms. The summed E-state index contributed by atoms with van der Waals surface area (Å²) in [6.45, 7) is 4.75. The smallest absolute Gasteiger partial charge is 0.164 e. The van der Waals surface area contributed by atoms with Gasteiger partial charge in [0.05, 0.1) is 0 Å². The zero-order chi connectivity index (χ0) is 8.32. The van der Waals surface area contributed by atoms with E-state index in [1.807, 2.05) is 6.92 Å². The lowest BCUT2D eigenvalue weighted by Gasteiger charge is -2.31. The molecule has 1 aliphatic heterocycles. The van der Waals surface area contributed by atoms with Crippen molar-refractivity contribution in [2.45, 2.75) is 45.1 Å². The van der Waals surface area contributed by atoms with Crippen LogP contribution in [0.1, 0.15) is 39.5 Å². The lowest BCUT2D eigenvalue weighted by atomic mass is 9.90. The molecule has 0 aromatic rings. The third-order valence-corrected chi connectivity index (χ3v) is 2.29. The Kier molecular flexibility index (Phi) is 2.66. The summed E-state index contributed by atoms with van der Waals surface area (Å²) in [6, 6.07) is 0. The summed E-state index contributed by atoms with van der Waals surface area (Å²) < 4.78 is 5.47. The van der Waals surface area contributed by atoms with E-state index in [0.717, 1.165) is 25.9 Å². The normalized spacial score (nSPS) is 32.4. The van der Waals surface area contributed by atoms with Crippen LogP contribution in [0.25, 0.3) is 0 Å². The maximum Gasteiger partial charge on any atom is 0.164 e. The molecule has 0 bridgehead atoms. The fourth-order valence-electron chi connectivity index (χ4n) is 1.56. The molecule has 1 fully saturated rings. The van der Waals surface area contributed by atoms with Gasteiger partial charge in [-0.3, -0.25) is 4.79 Å². The van der Waals surface area contributed by atoms with Gasteiger partial charge in [-0.2, -0.15) is 0 Å². The highest BCUT2D eigenvalue weighted by atomic mass is 16.5. The molecule has 2 nitrogen and oxygen atoms in total. The van der Waals surface area contributed by atoms with Gasteiger partial charge >= 0.3 is 0 Å². The minimum absolute atomic E-state index is 0.283. The van der Waals surface area contributed by atoms with Crippen LogP contribution in [0.3, 0.4) is 0 Å². The van der Waals surface area contributed by atoms with Crippen LogP contribution >= 0.6 is 0 Å². The Bertz CT molecular complexity index is 150. The van der Waals surface area contributed by atoms with Crippen LogP contribution in [-0.2, 0) is 9.53 Å². The van der Waals surface area contributed by atoms with Crippen LogP contribution < -0.4 is 0 Å². The Morgan fingerprint density at radius 1 is 1.64 bits per heavy atom. The van der Waals surface area contributed by atoms with Crippen molar-refractivity contribution in [1.29, 1.82) is 0 Å². The van der Waals surface area contributed by atoms with Crippen LogP contribution in [0, 0.1) is 0 Å². The van der Waals surface area contributed by atoms with E-state index in [1.54, 1.807) is 0 Å². The van der Waals surface area contributed by atoms with Crippen molar-refractivity contribution in [3.05, 3.63) is 0 Å². The van der Waals surface area contributed by atoms with Crippen LogP contribution in [0.15, 0.2) is 0 Å². The van der Waals surface area contributed by atoms with E-state index in [2.05, 4.69) is 6.92 Å². The first-order valence-electron chi connectivity index (χ1n) is 4.36. The summed E-state index contributed by atoms with van der Waals surface area (Å²) in [7, 11) is 0. The van der Waals surface area contributed by atoms with Crippen LogP contribution in [0.4, 0.5) is 0 Å². The zero-order valence-corrected chi connectivity index (χ0v) is 7.35. The second-order valence-corrected chi connectivity index (χ2v) is 3.36. The second kappa shape index (κ2) is 3.35. The highest BCUT2D eigenvalue weighted by Crippen LogP contribution is 2.25. The standard InChI is InChI=1S/C9H16O2/c1-3-6-9(2)8(10)5-4-7-11-9/h3-7H2,1-2H3/t9-/m1/s1. The van der Waals surface area contributed by atoms with Crippen molar-refractivity contribution in [3.8, 4) is 0 Å². The predicted octanol–water partition coefficient (Wildman–Crippen LogP) is 1.92. The minimum Gasteiger partial charge on any atom is -0.367 e. The molecule has 0 unspecified atom stereocenters. The average Bonchev–Trinajstić information content (AvgIpc) is 1.96. The van der Waals surface area contributed by atoms with Crippen molar-refractivity contribution in [3.63, 3.8) is 0 Å². The molecule has 0 amide bonds. The monoisotopic (exact) mass is 156 g/mol. The molecule has 0 aromatic carbocycles. The van der Waals surface area contributed by atoms with Gasteiger partial charge in [-0.1, -0.05) is 13.3 Å². The molecule has 1 saturated heterocycles. The van der Waals surface area contributed by atoms with Gasteiger partial charge in [0.15, 0.2) is 5.78 Å². The zero-order valence-electron chi connectivity index (χ0n) is 7.35. The summed E-state index contributed by atoms with van der Waals surface area (Å²) in [5.41, 5.74) is -0.451. The molecule has 0 N–H and O–H groups in total. The summed E-state index contributed by atoms with van der Waals surface area (Å²) in [5, 5.41) is 0. The van der Waals surface area contributed by atoms with Gasteiger partial charge < -0.3 is 4.74 Å². The van der Waals surface area contributed by atoms with E-state index in [0.29, 0.717) is 6.42 Å². The molecule has 0 saturated carbocycles. The number of Topliss-reactive ketones (excluding diaryl/α,β-unsaturated/α-hetero) is 1. The third kappa shape index (κ3) is 1.80. The van der Waals surface area contributed by atoms with Gasteiger partial charge in [0.2, 0.25) is 0 Å². The van der Waals surface area contributed by atoms with Crippen molar-refractivity contribution >= 4 is 5.78 Å². The van der Waals surface area contributed by atoms with Crippen LogP contribution in [0.5, 0.6) is 0 Å². The highest BCUT2D eigenvalue weighted by molar-refractivity contribution is 5.87. The number of ether oxygens (including phenoxy) is 1. The molecule has 1 aliphatic rings. The van der Waals surface area contributed by atoms with E-state index < -0.39 is 5.60 Å². The Labute approximate surface area is 67.9 Å². The summed E-state index contributed by atoms with van der Waals surface area (Å²) >= 11 is 0. The molecule has 0 aliphatic carbocycles. The Hall–Kier alpha value is -0.370. The van der Waals surface area contributed by atoms with Gasteiger partial charge in [-0.05, 0) is 19.8 Å². The van der Waals surface area contributed by atoms with E-state index in [9.17, 15) is 4.79 Å². The minimum atomic E-state index is -0.451. The molecule has 1 atom stereocenters. The van der Waals surface area contributed by atoms with Crippen molar-refractivity contribution in [2.75, 3.05) is 6.61 Å². The molecule has 1 rings (SSSR count). The molecule has 0 radical (unpaired) electrons. The van der Waals surface area contributed by atoms with Gasteiger partial charge in [-0.15, -0.1) is 0 Å². The fourth-order valence-corrected chi connectivity index (χ4v) is 1.56. The first-order valence-corrected chi connectivity index (χ1v) is 4.36. The molecule has 0 aromatic heterocycles. The van der Waals surface area contributed by atoms with E-state index >= 15 is 0 Å². The number of carbonyl (C=O) groups excluding carboxylic acids is 1. The lowest BCUT2D eigenvalue weighted by molar-refractivity contribution is -0.150. The lowest BCUT2D eigenvalue weighted by Crippen LogP contribution is -2.41. The van der Waals surface area contributed by atoms with Crippen molar-refractivity contribution in [2.24, 2.45) is 0 Å². The van der Waals surface area contributed by atoms with Crippen molar-refractivity contribution < 1.29 is 9.53 Å². The Balaban J connectivity index is 2.57. The SMILES string of the molecule is CCC[C@@]1(C)OCCCC1=O. The first kappa shape index (κ1) is 8.72. The summed E-state index contributed by atoms with van der Waals surface area (Å²) in [5.74, 6) is 0.283. The number of hydrogen-bond acceptors (Lipinski definition) is 2. The van der Waals surface area contributed by atoms with Gasteiger partial charge in [-0.25, -0.2) is 0 Å². The Morgan fingerprint density at radius 3 is 2.91 bits per heavy atom. The van der Waals surface area contributed by atoms with Gasteiger partial charge in [0.25, 0.3) is 0 Å². The molecular weight excluding hydrogens is 140 g/mol. The van der Waals surface area contributed by atoms with E-state index in [4.69, 9.17) is 4.74 Å². The fraction of sp³-hybridized carbons (Fsp3) is 0.889. The molecular formula is C9H16O2. The summed E-state index contributed by atoms with van der Waals surface area (Å²) in [4.78, 5) is 11.4. The number of hydrogen-bond donors (Lipinski definition) is 0. The highest BCUT2D eigenvalue weighted by Gasteiger charge is 2.34. The quantitative estimate of drug-likeness (QED) is 0.610. The maximum absolute atomic E-state index is 11.4.